The Morgan fingerprint density at radius 1 is 1.38 bits per heavy atom. The predicted molar refractivity (Wildman–Crippen MR) is 103 cm³/mol. The van der Waals surface area contributed by atoms with E-state index in [1.165, 1.54) is 0 Å². The zero-order valence-corrected chi connectivity index (χ0v) is 15.5. The Kier molecular flexibility index (Phi) is 5.64. The van der Waals surface area contributed by atoms with Crippen LogP contribution in [0.4, 0.5) is 0 Å². The third-order valence-corrected chi connectivity index (χ3v) is 4.84. The number of aromatic nitrogens is 2. The number of aryl methyl sites for hydroxylation is 1. The van der Waals surface area contributed by atoms with Gasteiger partial charge in [0.2, 0.25) is 0 Å². The number of hydrogen-bond acceptors (Lipinski definition) is 4. The van der Waals surface area contributed by atoms with Gasteiger partial charge in [-0.25, -0.2) is 0 Å². The fourth-order valence-corrected chi connectivity index (χ4v) is 3.37. The lowest BCUT2D eigenvalue weighted by Crippen LogP contribution is -2.32. The Labute approximate surface area is 158 Å². The molecule has 2 aromatic heterocycles. The van der Waals surface area contributed by atoms with E-state index in [1.54, 1.807) is 6.07 Å². The van der Waals surface area contributed by atoms with Gasteiger partial charge in [0.25, 0.3) is 5.91 Å². The topological polar surface area (TPSA) is 72.1 Å². The van der Waals surface area contributed by atoms with Crippen LogP contribution in [-0.2, 0) is 6.54 Å². The molecule has 2 N–H and O–H groups in total. The molecule has 3 heterocycles. The molecule has 1 aromatic carbocycles. The second-order valence-electron chi connectivity index (χ2n) is 6.51. The molecule has 3 aromatic rings. The summed E-state index contributed by atoms with van der Waals surface area (Å²) < 4.78 is 7.73. The van der Waals surface area contributed by atoms with Gasteiger partial charge in [-0.1, -0.05) is 18.2 Å². The number of halogens is 1. The molecule has 1 atom stereocenters. The molecule has 6 nitrogen and oxygen atoms in total. The van der Waals surface area contributed by atoms with Crippen molar-refractivity contribution in [3.8, 4) is 0 Å². The van der Waals surface area contributed by atoms with Gasteiger partial charge in [0.05, 0.1) is 12.6 Å². The number of benzene rings is 1. The number of nitrogens with zero attached hydrogens (tertiary/aromatic N) is 2. The van der Waals surface area contributed by atoms with Crippen LogP contribution in [0, 0.1) is 6.92 Å². The second-order valence-corrected chi connectivity index (χ2v) is 6.51. The minimum Gasteiger partial charge on any atom is -0.459 e. The molecule has 1 saturated heterocycles. The highest BCUT2D eigenvalue weighted by Gasteiger charge is 2.18. The molecule has 0 aliphatic carbocycles. The highest BCUT2D eigenvalue weighted by atomic mass is 35.5. The number of hydrogen-bond donors (Lipinski definition) is 2. The van der Waals surface area contributed by atoms with Crippen molar-refractivity contribution in [2.45, 2.75) is 32.4 Å². The molecule has 0 saturated carbocycles. The monoisotopic (exact) mass is 374 g/mol. The standard InChI is InChI=1S/C19H22N4O2.ClH/c1-13-15-6-2-3-7-17(15)25-18(13)12-21-19(24)16-8-10-23(22-16)14-5-4-9-20-11-14;/h2-3,6-8,10,14,20H,4-5,9,11-12H2,1H3,(H,21,24);1H. The minimum absolute atomic E-state index is 0. The first-order valence-electron chi connectivity index (χ1n) is 8.73. The van der Waals surface area contributed by atoms with Crippen LogP contribution >= 0.6 is 12.4 Å². The molecule has 0 bridgehead atoms. The van der Waals surface area contributed by atoms with Gasteiger partial charge in [-0.05, 0) is 38.4 Å². The average molecular weight is 375 g/mol. The Bertz CT molecular complexity index is 896. The number of amides is 1. The number of para-hydroxylation sites is 1. The Morgan fingerprint density at radius 3 is 3.00 bits per heavy atom. The highest BCUT2D eigenvalue weighted by molar-refractivity contribution is 5.92. The third-order valence-electron chi connectivity index (χ3n) is 4.84. The van der Waals surface area contributed by atoms with Crippen LogP contribution < -0.4 is 10.6 Å². The van der Waals surface area contributed by atoms with Gasteiger partial charge in [0, 0.05) is 23.7 Å². The summed E-state index contributed by atoms with van der Waals surface area (Å²) in [5.74, 6) is 0.604. The van der Waals surface area contributed by atoms with E-state index < -0.39 is 0 Å². The van der Waals surface area contributed by atoms with Gasteiger partial charge in [0.1, 0.15) is 17.0 Å². The smallest absolute Gasteiger partial charge is 0.272 e. The average Bonchev–Trinajstić information content (AvgIpc) is 3.26. The molecule has 1 unspecified atom stereocenters. The first-order valence-corrected chi connectivity index (χ1v) is 8.73. The van der Waals surface area contributed by atoms with Gasteiger partial charge in [-0.15, -0.1) is 12.4 Å². The lowest BCUT2D eigenvalue weighted by Gasteiger charge is -2.22. The van der Waals surface area contributed by atoms with Gasteiger partial charge in [-0.2, -0.15) is 5.10 Å². The second kappa shape index (κ2) is 7.93. The van der Waals surface area contributed by atoms with Crippen LogP contribution in [0.5, 0.6) is 0 Å². The molecule has 1 aliphatic rings. The molecule has 26 heavy (non-hydrogen) atoms. The van der Waals surface area contributed by atoms with Crippen LogP contribution in [-0.4, -0.2) is 28.8 Å². The van der Waals surface area contributed by atoms with E-state index >= 15 is 0 Å². The molecule has 4 rings (SSSR count). The predicted octanol–water partition coefficient (Wildman–Crippen LogP) is 3.21. The van der Waals surface area contributed by atoms with E-state index in [9.17, 15) is 4.79 Å². The van der Waals surface area contributed by atoms with Crippen LogP contribution in [0.1, 0.15) is 40.7 Å². The van der Waals surface area contributed by atoms with Crippen molar-refractivity contribution >= 4 is 29.3 Å². The lowest BCUT2D eigenvalue weighted by atomic mass is 10.1. The minimum atomic E-state index is -0.178. The number of piperidine rings is 1. The van der Waals surface area contributed by atoms with Crippen molar-refractivity contribution in [2.24, 2.45) is 0 Å². The van der Waals surface area contributed by atoms with Crippen molar-refractivity contribution in [1.29, 1.82) is 0 Å². The first kappa shape index (κ1) is 18.5. The summed E-state index contributed by atoms with van der Waals surface area (Å²) in [6, 6.07) is 10.00. The van der Waals surface area contributed by atoms with Crippen molar-refractivity contribution in [1.82, 2.24) is 20.4 Å². The van der Waals surface area contributed by atoms with E-state index in [0.29, 0.717) is 18.3 Å². The number of fused-ring (bicyclic) bond motifs is 1. The zero-order chi connectivity index (χ0) is 17.2. The molecule has 1 fully saturated rings. The number of rotatable bonds is 4. The summed E-state index contributed by atoms with van der Waals surface area (Å²) in [5.41, 5.74) is 2.35. The number of nitrogens with one attached hydrogen (secondary N) is 2. The summed E-state index contributed by atoms with van der Waals surface area (Å²) in [5, 5.41) is 11.8. The van der Waals surface area contributed by atoms with Crippen molar-refractivity contribution < 1.29 is 9.21 Å². The third kappa shape index (κ3) is 3.61. The molecule has 7 heteroatoms. The summed E-state index contributed by atoms with van der Waals surface area (Å²) in [6.07, 6.45) is 4.12. The Hall–Kier alpha value is -2.31. The van der Waals surface area contributed by atoms with Crippen LogP contribution in [0.3, 0.4) is 0 Å². The van der Waals surface area contributed by atoms with E-state index in [1.807, 2.05) is 42.1 Å². The summed E-state index contributed by atoms with van der Waals surface area (Å²) in [4.78, 5) is 12.4. The number of furan rings is 1. The van der Waals surface area contributed by atoms with Crippen molar-refractivity contribution in [3.05, 3.63) is 53.5 Å². The van der Waals surface area contributed by atoms with Crippen LogP contribution in [0.15, 0.2) is 40.9 Å². The Balaban J connectivity index is 0.00000196. The number of carbonyl (C=O) groups is 1. The SMILES string of the molecule is Cc1c(CNC(=O)c2ccn(C3CCCNC3)n2)oc2ccccc12.Cl. The normalized spacial score (nSPS) is 17.0. The maximum atomic E-state index is 12.4. The molecule has 1 amide bonds. The first-order chi connectivity index (χ1) is 12.2. The van der Waals surface area contributed by atoms with Crippen molar-refractivity contribution in [3.63, 3.8) is 0 Å². The zero-order valence-electron chi connectivity index (χ0n) is 14.7. The molecule has 1 aliphatic heterocycles. The van der Waals surface area contributed by atoms with Gasteiger partial charge in [-0.3, -0.25) is 9.48 Å². The van der Waals surface area contributed by atoms with E-state index in [4.69, 9.17) is 4.42 Å². The summed E-state index contributed by atoms with van der Waals surface area (Å²) in [7, 11) is 0. The fourth-order valence-electron chi connectivity index (χ4n) is 3.37. The fraction of sp³-hybridized carbons (Fsp3) is 0.368. The molecule has 0 radical (unpaired) electrons. The maximum Gasteiger partial charge on any atom is 0.272 e. The van der Waals surface area contributed by atoms with Crippen molar-refractivity contribution in [2.75, 3.05) is 13.1 Å². The van der Waals surface area contributed by atoms with Gasteiger partial charge >= 0.3 is 0 Å². The molecular weight excluding hydrogens is 352 g/mol. The molecule has 138 valence electrons. The van der Waals surface area contributed by atoms with Gasteiger partial charge < -0.3 is 15.1 Å². The maximum absolute atomic E-state index is 12.4. The Morgan fingerprint density at radius 2 is 2.23 bits per heavy atom. The van der Waals surface area contributed by atoms with Crippen LogP contribution in [0.2, 0.25) is 0 Å². The quantitative estimate of drug-likeness (QED) is 0.735. The highest BCUT2D eigenvalue weighted by Crippen LogP contribution is 2.24. The summed E-state index contributed by atoms with van der Waals surface area (Å²) >= 11 is 0. The molecular formula is C19H23ClN4O2. The van der Waals surface area contributed by atoms with Gasteiger partial charge in [0.15, 0.2) is 0 Å². The van der Waals surface area contributed by atoms with E-state index in [0.717, 1.165) is 48.2 Å². The summed E-state index contributed by atoms with van der Waals surface area (Å²) in [6.45, 7) is 4.33. The number of carbonyl (C=O) groups excluding carboxylic acids is 1. The van der Waals surface area contributed by atoms with Crippen LogP contribution in [0.25, 0.3) is 11.0 Å². The van der Waals surface area contributed by atoms with E-state index in [2.05, 4.69) is 15.7 Å². The largest absolute Gasteiger partial charge is 0.459 e. The van der Waals surface area contributed by atoms with E-state index in [-0.39, 0.29) is 18.3 Å². The lowest BCUT2D eigenvalue weighted by molar-refractivity contribution is 0.0942. The molecule has 0 spiro atoms.